The van der Waals surface area contributed by atoms with Crippen LogP contribution in [0.15, 0.2) is 29.2 Å². The molecular formula is C15H24N2O3S. The summed E-state index contributed by atoms with van der Waals surface area (Å²) in [5.41, 5.74) is 1.00. The number of sulfonamides is 1. The predicted molar refractivity (Wildman–Crippen MR) is 83.5 cm³/mol. The molecule has 0 heterocycles. The van der Waals surface area contributed by atoms with E-state index in [1.807, 2.05) is 6.92 Å². The van der Waals surface area contributed by atoms with Crippen molar-refractivity contribution in [3.8, 4) is 0 Å². The molecule has 0 aliphatic heterocycles. The highest BCUT2D eigenvalue weighted by Gasteiger charge is 2.13. The van der Waals surface area contributed by atoms with Gasteiger partial charge in [-0.25, -0.2) is 13.1 Å². The summed E-state index contributed by atoms with van der Waals surface area (Å²) in [4.78, 5) is 11.7. The molecule has 0 unspecified atom stereocenters. The van der Waals surface area contributed by atoms with Crippen molar-refractivity contribution in [1.82, 2.24) is 10.0 Å². The lowest BCUT2D eigenvalue weighted by atomic mass is 10.2. The molecule has 0 saturated heterocycles. The van der Waals surface area contributed by atoms with Gasteiger partial charge in [-0.05, 0) is 25.5 Å². The number of carbonyl (C=O) groups excluding carboxylic acids is 1. The summed E-state index contributed by atoms with van der Waals surface area (Å²) in [6, 6.07) is 6.61. The Hall–Kier alpha value is -1.40. The minimum atomic E-state index is -3.53. The molecule has 1 aromatic carbocycles. The Bertz CT molecular complexity index is 539. The van der Waals surface area contributed by atoms with E-state index in [1.165, 1.54) is 0 Å². The molecule has 0 atom stereocenters. The lowest BCUT2D eigenvalue weighted by Crippen LogP contribution is -2.31. The van der Waals surface area contributed by atoms with Crippen LogP contribution in [0.5, 0.6) is 0 Å². The van der Waals surface area contributed by atoms with Gasteiger partial charge in [-0.15, -0.1) is 0 Å². The van der Waals surface area contributed by atoms with Crippen molar-refractivity contribution >= 4 is 15.9 Å². The maximum atomic E-state index is 12.0. The molecule has 0 spiro atoms. The minimum absolute atomic E-state index is 0.107. The molecule has 0 aromatic heterocycles. The summed E-state index contributed by atoms with van der Waals surface area (Å²) in [6.07, 6.45) is 3.29. The number of hydrogen-bond acceptors (Lipinski definition) is 3. The highest BCUT2D eigenvalue weighted by atomic mass is 32.2. The van der Waals surface area contributed by atoms with Crippen molar-refractivity contribution in [3.63, 3.8) is 0 Å². The fraction of sp³-hybridized carbons (Fsp3) is 0.533. The van der Waals surface area contributed by atoms with Gasteiger partial charge >= 0.3 is 0 Å². The van der Waals surface area contributed by atoms with Crippen molar-refractivity contribution < 1.29 is 13.2 Å². The smallest absolute Gasteiger partial charge is 0.240 e. The topological polar surface area (TPSA) is 75.3 Å². The fourth-order valence-electron chi connectivity index (χ4n) is 1.79. The maximum Gasteiger partial charge on any atom is 0.240 e. The van der Waals surface area contributed by atoms with Gasteiger partial charge in [0, 0.05) is 19.5 Å². The molecule has 0 saturated carbocycles. The van der Waals surface area contributed by atoms with E-state index in [9.17, 15) is 13.2 Å². The second-order valence-corrected chi connectivity index (χ2v) is 6.78. The second kappa shape index (κ2) is 8.79. The zero-order valence-electron chi connectivity index (χ0n) is 12.7. The van der Waals surface area contributed by atoms with Crippen LogP contribution in [0.1, 0.15) is 38.2 Å². The van der Waals surface area contributed by atoms with E-state index in [2.05, 4.69) is 17.0 Å². The number of nitrogens with one attached hydrogen (secondary N) is 2. The third-order valence-corrected chi connectivity index (χ3v) is 4.55. The van der Waals surface area contributed by atoms with Gasteiger partial charge in [-0.1, -0.05) is 37.5 Å². The molecule has 21 heavy (non-hydrogen) atoms. The minimum Gasteiger partial charge on any atom is -0.356 e. The molecule has 1 aromatic rings. The first-order valence-electron chi connectivity index (χ1n) is 7.28. The Morgan fingerprint density at radius 2 is 1.76 bits per heavy atom. The Labute approximate surface area is 127 Å². The average molecular weight is 312 g/mol. The van der Waals surface area contributed by atoms with E-state index >= 15 is 0 Å². The lowest BCUT2D eigenvalue weighted by Gasteiger charge is -2.07. The molecule has 1 amide bonds. The molecule has 5 nitrogen and oxygen atoms in total. The Morgan fingerprint density at radius 3 is 2.38 bits per heavy atom. The summed E-state index contributed by atoms with van der Waals surface area (Å²) in [6.45, 7) is 4.75. The summed E-state index contributed by atoms with van der Waals surface area (Å²) in [5, 5.41) is 2.78. The standard InChI is InChI=1S/C15H24N2O3S/c1-3-4-5-11-16-15(18)10-12-17-21(19,20)14-8-6-13(2)7-9-14/h6-9,17H,3-5,10-12H2,1-2H3,(H,16,18). The third kappa shape index (κ3) is 6.73. The SMILES string of the molecule is CCCCCNC(=O)CCNS(=O)(=O)c1ccc(C)cc1. The molecule has 0 radical (unpaired) electrons. The van der Waals surface area contributed by atoms with Gasteiger partial charge in [0.15, 0.2) is 0 Å². The van der Waals surface area contributed by atoms with Gasteiger partial charge in [0.1, 0.15) is 0 Å². The first-order valence-corrected chi connectivity index (χ1v) is 8.77. The summed E-state index contributed by atoms with van der Waals surface area (Å²) >= 11 is 0. The van der Waals surface area contributed by atoms with E-state index in [4.69, 9.17) is 0 Å². The van der Waals surface area contributed by atoms with E-state index < -0.39 is 10.0 Å². The van der Waals surface area contributed by atoms with Gasteiger partial charge in [0.05, 0.1) is 4.90 Å². The zero-order chi connectivity index (χ0) is 15.7. The number of unbranched alkanes of at least 4 members (excludes halogenated alkanes) is 2. The van der Waals surface area contributed by atoms with Crippen molar-refractivity contribution in [2.75, 3.05) is 13.1 Å². The zero-order valence-corrected chi connectivity index (χ0v) is 13.5. The molecule has 0 aliphatic carbocycles. The average Bonchev–Trinajstić information content (AvgIpc) is 2.44. The van der Waals surface area contributed by atoms with E-state index in [0.29, 0.717) is 6.54 Å². The van der Waals surface area contributed by atoms with Crippen LogP contribution >= 0.6 is 0 Å². The summed E-state index contributed by atoms with van der Waals surface area (Å²) < 4.78 is 26.4. The Morgan fingerprint density at radius 1 is 1.10 bits per heavy atom. The van der Waals surface area contributed by atoms with Crippen LogP contribution in [0.25, 0.3) is 0 Å². The Balaban J connectivity index is 2.34. The molecule has 6 heteroatoms. The van der Waals surface area contributed by atoms with Gasteiger partial charge in [-0.2, -0.15) is 0 Å². The van der Waals surface area contributed by atoms with Gasteiger partial charge in [0.2, 0.25) is 15.9 Å². The summed E-state index contributed by atoms with van der Waals surface area (Å²) in [7, 11) is -3.53. The van der Waals surface area contributed by atoms with Gasteiger partial charge in [0.25, 0.3) is 0 Å². The van der Waals surface area contributed by atoms with Crippen LogP contribution in [-0.2, 0) is 14.8 Å². The van der Waals surface area contributed by atoms with Gasteiger partial charge < -0.3 is 5.32 Å². The quantitative estimate of drug-likeness (QED) is 0.685. The Kier molecular flexibility index (Phi) is 7.39. The highest BCUT2D eigenvalue weighted by Crippen LogP contribution is 2.09. The van der Waals surface area contributed by atoms with Crippen molar-refractivity contribution in [3.05, 3.63) is 29.8 Å². The van der Waals surface area contributed by atoms with Crippen LogP contribution in [0.2, 0.25) is 0 Å². The number of rotatable bonds is 9. The van der Waals surface area contributed by atoms with Crippen molar-refractivity contribution in [2.24, 2.45) is 0 Å². The fourth-order valence-corrected chi connectivity index (χ4v) is 2.82. The van der Waals surface area contributed by atoms with Crippen LogP contribution < -0.4 is 10.0 Å². The number of benzene rings is 1. The van der Waals surface area contributed by atoms with E-state index in [0.717, 1.165) is 24.8 Å². The molecule has 2 N–H and O–H groups in total. The second-order valence-electron chi connectivity index (χ2n) is 5.02. The molecule has 118 valence electrons. The molecule has 0 fully saturated rings. The first kappa shape index (κ1) is 17.7. The van der Waals surface area contributed by atoms with Crippen molar-refractivity contribution in [1.29, 1.82) is 0 Å². The lowest BCUT2D eigenvalue weighted by molar-refractivity contribution is -0.120. The largest absolute Gasteiger partial charge is 0.356 e. The molecule has 0 bridgehead atoms. The van der Waals surface area contributed by atoms with Crippen LogP contribution in [0, 0.1) is 6.92 Å². The molecule has 0 aliphatic rings. The normalized spacial score (nSPS) is 11.3. The van der Waals surface area contributed by atoms with Gasteiger partial charge in [-0.3, -0.25) is 4.79 Å². The van der Waals surface area contributed by atoms with E-state index in [-0.39, 0.29) is 23.8 Å². The number of amides is 1. The maximum absolute atomic E-state index is 12.0. The first-order chi connectivity index (χ1) is 9.95. The highest BCUT2D eigenvalue weighted by molar-refractivity contribution is 7.89. The number of aryl methyl sites for hydroxylation is 1. The molecule has 1 rings (SSSR count). The van der Waals surface area contributed by atoms with E-state index in [1.54, 1.807) is 24.3 Å². The van der Waals surface area contributed by atoms with Crippen LogP contribution in [-0.4, -0.2) is 27.4 Å². The molecular weight excluding hydrogens is 288 g/mol. The third-order valence-electron chi connectivity index (χ3n) is 3.08. The van der Waals surface area contributed by atoms with Crippen molar-refractivity contribution in [2.45, 2.75) is 44.4 Å². The predicted octanol–water partition coefficient (Wildman–Crippen LogP) is 1.97. The number of carbonyl (C=O) groups is 1. The van der Waals surface area contributed by atoms with Crippen LogP contribution in [0.4, 0.5) is 0 Å². The number of hydrogen-bond donors (Lipinski definition) is 2. The summed E-state index contributed by atoms with van der Waals surface area (Å²) in [5.74, 6) is -0.127. The van der Waals surface area contributed by atoms with Crippen LogP contribution in [0.3, 0.4) is 0 Å². The monoisotopic (exact) mass is 312 g/mol.